The van der Waals surface area contributed by atoms with Crippen molar-refractivity contribution in [2.45, 2.75) is 0 Å². The van der Waals surface area contributed by atoms with Gasteiger partial charge in [0.1, 0.15) is 6.07 Å². The van der Waals surface area contributed by atoms with E-state index in [-0.39, 0.29) is 0 Å². The van der Waals surface area contributed by atoms with Gasteiger partial charge in [-0.05, 0) is 0 Å². The van der Waals surface area contributed by atoms with Gasteiger partial charge >= 0.3 is 0 Å². The van der Waals surface area contributed by atoms with Crippen LogP contribution in [0.2, 0.25) is 0 Å². The van der Waals surface area contributed by atoms with Crippen molar-refractivity contribution in [3.63, 3.8) is 0 Å². The molecule has 0 atom stereocenters. The molecule has 0 aliphatic heterocycles. The summed E-state index contributed by atoms with van der Waals surface area (Å²) in [5.74, 6) is -0.530. The number of hydrogen-bond acceptors (Lipinski definition) is 3. The Bertz CT molecular complexity index is 349. The lowest BCUT2D eigenvalue weighted by molar-refractivity contribution is 0.106. The predicted molar refractivity (Wildman–Crippen MR) is 44.1 cm³/mol. The standard InChI is InChI=1S/C9H6N2O/c10-6-8(11)9(12)7-4-2-1-3-5-7/h1-5,11H. The van der Waals surface area contributed by atoms with E-state index in [1.807, 2.05) is 0 Å². The Balaban J connectivity index is 2.96. The van der Waals surface area contributed by atoms with Crippen molar-refractivity contribution in [1.82, 2.24) is 0 Å². The van der Waals surface area contributed by atoms with Crippen LogP contribution in [0.3, 0.4) is 0 Å². The third kappa shape index (κ3) is 1.55. The van der Waals surface area contributed by atoms with Crippen LogP contribution in [0.4, 0.5) is 0 Å². The summed E-state index contributed by atoms with van der Waals surface area (Å²) in [4.78, 5) is 11.1. The van der Waals surface area contributed by atoms with Gasteiger partial charge in [-0.2, -0.15) is 5.26 Å². The summed E-state index contributed by atoms with van der Waals surface area (Å²) in [5, 5.41) is 15.2. The van der Waals surface area contributed by atoms with Gasteiger partial charge < -0.3 is 0 Å². The van der Waals surface area contributed by atoms with Crippen molar-refractivity contribution in [2.75, 3.05) is 0 Å². The number of benzene rings is 1. The third-order valence-corrected chi connectivity index (χ3v) is 1.37. The Morgan fingerprint density at radius 3 is 2.42 bits per heavy atom. The largest absolute Gasteiger partial charge is 0.287 e. The van der Waals surface area contributed by atoms with Crippen molar-refractivity contribution < 1.29 is 4.79 Å². The summed E-state index contributed by atoms with van der Waals surface area (Å²) in [7, 11) is 0. The molecule has 0 aliphatic carbocycles. The maximum atomic E-state index is 11.1. The Hall–Kier alpha value is -1.95. The SMILES string of the molecule is N#CC(=N)C(=O)c1ccccc1. The van der Waals surface area contributed by atoms with Gasteiger partial charge in [-0.15, -0.1) is 0 Å². The summed E-state index contributed by atoms with van der Waals surface area (Å²) >= 11 is 0. The molecule has 1 aromatic rings. The highest BCUT2D eigenvalue weighted by molar-refractivity contribution is 6.50. The lowest BCUT2D eigenvalue weighted by atomic mass is 10.1. The smallest absolute Gasteiger partial charge is 0.221 e. The highest BCUT2D eigenvalue weighted by Gasteiger charge is 2.09. The molecule has 1 N–H and O–H groups in total. The predicted octanol–water partition coefficient (Wildman–Crippen LogP) is 1.41. The quantitative estimate of drug-likeness (QED) is 0.522. The van der Waals surface area contributed by atoms with E-state index in [0.29, 0.717) is 5.56 Å². The lowest BCUT2D eigenvalue weighted by Crippen LogP contribution is -2.10. The first-order chi connectivity index (χ1) is 5.75. The van der Waals surface area contributed by atoms with Crippen molar-refractivity contribution in [3.8, 4) is 6.07 Å². The number of rotatable bonds is 2. The molecular weight excluding hydrogens is 152 g/mol. The molecule has 58 valence electrons. The number of nitriles is 1. The number of nitrogens with zero attached hydrogens (tertiary/aromatic N) is 1. The van der Waals surface area contributed by atoms with E-state index in [1.54, 1.807) is 30.3 Å². The fourth-order valence-corrected chi connectivity index (χ4v) is 0.785. The van der Waals surface area contributed by atoms with Crippen LogP contribution in [0.1, 0.15) is 10.4 Å². The van der Waals surface area contributed by atoms with Crippen LogP contribution in [0.5, 0.6) is 0 Å². The van der Waals surface area contributed by atoms with Crippen LogP contribution >= 0.6 is 0 Å². The second-order valence-electron chi connectivity index (χ2n) is 2.18. The summed E-state index contributed by atoms with van der Waals surface area (Å²) in [6.07, 6.45) is 0. The maximum Gasteiger partial charge on any atom is 0.221 e. The van der Waals surface area contributed by atoms with Crippen molar-refractivity contribution >= 4 is 11.5 Å². The summed E-state index contributed by atoms with van der Waals surface area (Å²) < 4.78 is 0. The average molecular weight is 158 g/mol. The van der Waals surface area contributed by atoms with Gasteiger partial charge in [0.15, 0.2) is 5.71 Å². The molecule has 1 rings (SSSR count). The molecule has 0 heterocycles. The number of carbonyl (C=O) groups excluding carboxylic acids is 1. The molecule has 0 saturated carbocycles. The van der Waals surface area contributed by atoms with Crippen molar-refractivity contribution in [3.05, 3.63) is 35.9 Å². The summed E-state index contributed by atoms with van der Waals surface area (Å²) in [5.41, 5.74) is -0.148. The number of ketones is 1. The fourth-order valence-electron chi connectivity index (χ4n) is 0.785. The van der Waals surface area contributed by atoms with Crippen LogP contribution in [0.15, 0.2) is 30.3 Å². The van der Waals surface area contributed by atoms with E-state index < -0.39 is 11.5 Å². The Morgan fingerprint density at radius 1 is 1.33 bits per heavy atom. The molecule has 1 aromatic carbocycles. The van der Waals surface area contributed by atoms with Crippen molar-refractivity contribution in [2.24, 2.45) is 0 Å². The zero-order valence-electron chi connectivity index (χ0n) is 6.24. The fraction of sp³-hybridized carbons (Fsp3) is 0. The average Bonchev–Trinajstić information content (AvgIpc) is 2.17. The Labute approximate surface area is 69.8 Å². The van der Waals surface area contributed by atoms with Gasteiger partial charge in [-0.25, -0.2) is 0 Å². The van der Waals surface area contributed by atoms with Crippen LogP contribution in [0, 0.1) is 16.7 Å². The number of nitrogens with one attached hydrogen (secondary N) is 1. The Morgan fingerprint density at radius 2 is 1.92 bits per heavy atom. The highest BCUT2D eigenvalue weighted by Crippen LogP contribution is 1.99. The first-order valence-corrected chi connectivity index (χ1v) is 3.34. The molecular formula is C9H6N2O. The molecule has 0 bridgehead atoms. The molecule has 0 aromatic heterocycles. The zero-order chi connectivity index (χ0) is 8.97. The topological polar surface area (TPSA) is 64.7 Å². The van der Waals surface area contributed by atoms with Gasteiger partial charge in [0, 0.05) is 5.56 Å². The molecule has 0 spiro atoms. The molecule has 0 fully saturated rings. The van der Waals surface area contributed by atoms with E-state index in [4.69, 9.17) is 10.7 Å². The maximum absolute atomic E-state index is 11.1. The van der Waals surface area contributed by atoms with E-state index in [1.165, 1.54) is 6.07 Å². The minimum Gasteiger partial charge on any atom is -0.287 e. The van der Waals surface area contributed by atoms with Crippen LogP contribution in [0.25, 0.3) is 0 Å². The van der Waals surface area contributed by atoms with E-state index >= 15 is 0 Å². The van der Waals surface area contributed by atoms with Gasteiger partial charge in [-0.3, -0.25) is 10.2 Å². The number of hydrogen-bond donors (Lipinski definition) is 1. The first kappa shape index (κ1) is 8.15. The molecule has 0 saturated heterocycles. The molecule has 3 heteroatoms. The molecule has 0 radical (unpaired) electrons. The van der Waals surface area contributed by atoms with Gasteiger partial charge in [0.05, 0.1) is 0 Å². The van der Waals surface area contributed by atoms with Gasteiger partial charge in [-0.1, -0.05) is 30.3 Å². The van der Waals surface area contributed by atoms with Crippen LogP contribution < -0.4 is 0 Å². The second-order valence-corrected chi connectivity index (χ2v) is 2.18. The highest BCUT2D eigenvalue weighted by atomic mass is 16.1. The van der Waals surface area contributed by atoms with Crippen molar-refractivity contribution in [1.29, 1.82) is 10.7 Å². The first-order valence-electron chi connectivity index (χ1n) is 3.34. The summed E-state index contributed by atoms with van der Waals surface area (Å²) in [6, 6.07) is 9.81. The molecule has 12 heavy (non-hydrogen) atoms. The number of Topliss-reactive ketones (excluding diaryl/α,β-unsaturated/α-hetero) is 1. The molecule has 3 nitrogen and oxygen atoms in total. The number of carbonyl (C=O) groups is 1. The zero-order valence-corrected chi connectivity index (χ0v) is 6.24. The van der Waals surface area contributed by atoms with E-state index in [9.17, 15) is 4.79 Å². The van der Waals surface area contributed by atoms with Crippen LogP contribution in [-0.2, 0) is 0 Å². The lowest BCUT2D eigenvalue weighted by Gasteiger charge is -1.93. The molecule has 0 amide bonds. The van der Waals surface area contributed by atoms with E-state index in [0.717, 1.165) is 0 Å². The summed E-state index contributed by atoms with van der Waals surface area (Å²) in [6.45, 7) is 0. The second kappa shape index (κ2) is 3.44. The monoisotopic (exact) mass is 158 g/mol. The van der Waals surface area contributed by atoms with E-state index in [2.05, 4.69) is 0 Å². The minimum atomic E-state index is -0.530. The molecule has 0 aliphatic rings. The normalized spacial score (nSPS) is 8.58. The minimum absolute atomic E-state index is 0.379. The van der Waals surface area contributed by atoms with Gasteiger partial charge in [0.25, 0.3) is 0 Å². The van der Waals surface area contributed by atoms with Gasteiger partial charge in [0.2, 0.25) is 5.78 Å². The van der Waals surface area contributed by atoms with Crippen LogP contribution in [-0.4, -0.2) is 11.5 Å². The molecule has 0 unspecified atom stereocenters. The third-order valence-electron chi connectivity index (χ3n) is 1.37. The Kier molecular flexibility index (Phi) is 2.34.